The van der Waals surface area contributed by atoms with Crippen molar-refractivity contribution in [2.75, 3.05) is 39.6 Å². The van der Waals surface area contributed by atoms with Crippen molar-refractivity contribution in [3.63, 3.8) is 0 Å². The smallest absolute Gasteiger partial charge is 0.462 e. The number of unbranched alkanes of at least 4 members (excludes halogenated alkanes) is 46. The highest BCUT2D eigenvalue weighted by atomic mass is 31.2. The first-order valence-electron chi connectivity index (χ1n) is 40.0. The lowest BCUT2D eigenvalue weighted by Crippen LogP contribution is -2.30. The van der Waals surface area contributed by atoms with Crippen molar-refractivity contribution in [2.45, 2.75) is 419 Å². The summed E-state index contributed by atoms with van der Waals surface area (Å²) in [6.45, 7) is 9.60. The van der Waals surface area contributed by atoms with Gasteiger partial charge < -0.3 is 33.8 Å². The third kappa shape index (κ3) is 70.5. The van der Waals surface area contributed by atoms with Gasteiger partial charge in [-0.05, 0) is 37.5 Å². The van der Waals surface area contributed by atoms with Gasteiger partial charge in [0.05, 0.1) is 26.4 Å². The minimum atomic E-state index is -4.96. The van der Waals surface area contributed by atoms with Crippen LogP contribution in [-0.2, 0) is 65.4 Å². The van der Waals surface area contributed by atoms with E-state index in [0.29, 0.717) is 25.7 Å². The number of hydrogen-bond donors (Lipinski definition) is 3. The molecular formula is C77H150O17P2. The molecule has 0 radical (unpaired) electrons. The van der Waals surface area contributed by atoms with Crippen LogP contribution in [0.5, 0.6) is 0 Å². The fourth-order valence-corrected chi connectivity index (χ4v) is 13.4. The molecule has 0 aromatic rings. The Kier molecular flexibility index (Phi) is 67.4. The van der Waals surface area contributed by atoms with Crippen LogP contribution in [0, 0.1) is 11.8 Å². The Bertz CT molecular complexity index is 1860. The maximum Gasteiger partial charge on any atom is 0.472 e. The van der Waals surface area contributed by atoms with Crippen molar-refractivity contribution in [3.8, 4) is 0 Å². The van der Waals surface area contributed by atoms with Crippen molar-refractivity contribution < 1.29 is 80.2 Å². The highest BCUT2D eigenvalue weighted by molar-refractivity contribution is 7.47. The number of phosphoric ester groups is 2. The zero-order valence-corrected chi connectivity index (χ0v) is 64.5. The van der Waals surface area contributed by atoms with Crippen LogP contribution in [0.25, 0.3) is 0 Å². The van der Waals surface area contributed by atoms with Crippen LogP contribution in [0.15, 0.2) is 0 Å². The number of carbonyl (C=O) groups is 4. The fraction of sp³-hybridized carbons (Fsp3) is 0.948. The van der Waals surface area contributed by atoms with E-state index in [1.54, 1.807) is 0 Å². The SMILES string of the molecule is CCCCCCCCCCCCCCCCCC(=O)OC[C@H](COP(=O)(O)OC[C@@H](O)COP(=O)(O)OC[C@@H](COC(=O)CCCCCCCCCCC(C)C)OC(=O)CCCCCCCCCCCCCCCC)OC(=O)CCCCCCCCCCCCCCCC(C)C. The molecule has 0 heterocycles. The number of carbonyl (C=O) groups excluding carboxylic acids is 4. The molecule has 0 aliphatic heterocycles. The highest BCUT2D eigenvalue weighted by Gasteiger charge is 2.30. The van der Waals surface area contributed by atoms with E-state index in [9.17, 15) is 43.2 Å². The monoisotopic (exact) mass is 1410 g/mol. The van der Waals surface area contributed by atoms with E-state index in [1.165, 1.54) is 218 Å². The summed E-state index contributed by atoms with van der Waals surface area (Å²) in [7, 11) is -9.91. The summed E-state index contributed by atoms with van der Waals surface area (Å²) in [6.07, 6.45) is 56.8. The van der Waals surface area contributed by atoms with Crippen molar-refractivity contribution in [1.29, 1.82) is 0 Å². The van der Waals surface area contributed by atoms with Crippen molar-refractivity contribution >= 4 is 39.5 Å². The van der Waals surface area contributed by atoms with Gasteiger partial charge in [0.1, 0.15) is 19.3 Å². The number of aliphatic hydroxyl groups is 1. The fourth-order valence-electron chi connectivity index (χ4n) is 11.8. The average molecular weight is 1410 g/mol. The molecule has 0 aliphatic carbocycles. The molecule has 0 amide bonds. The second-order valence-electron chi connectivity index (χ2n) is 28.7. The van der Waals surface area contributed by atoms with Gasteiger partial charge in [-0.25, -0.2) is 9.13 Å². The number of phosphoric acid groups is 2. The molecule has 0 saturated heterocycles. The van der Waals surface area contributed by atoms with Crippen LogP contribution >= 0.6 is 15.6 Å². The van der Waals surface area contributed by atoms with Gasteiger partial charge in [-0.3, -0.25) is 37.3 Å². The van der Waals surface area contributed by atoms with Crippen LogP contribution in [-0.4, -0.2) is 96.7 Å². The van der Waals surface area contributed by atoms with E-state index in [2.05, 4.69) is 41.5 Å². The Balaban J connectivity index is 5.26. The van der Waals surface area contributed by atoms with Crippen LogP contribution in [0.1, 0.15) is 401 Å². The van der Waals surface area contributed by atoms with Gasteiger partial charge in [0.2, 0.25) is 0 Å². The lowest BCUT2D eigenvalue weighted by molar-refractivity contribution is -0.161. The molecule has 570 valence electrons. The second-order valence-corrected chi connectivity index (χ2v) is 31.6. The molecule has 0 aromatic carbocycles. The van der Waals surface area contributed by atoms with E-state index in [1.807, 2.05) is 0 Å². The summed E-state index contributed by atoms with van der Waals surface area (Å²) in [4.78, 5) is 72.9. The Morgan fingerprint density at radius 2 is 0.479 bits per heavy atom. The zero-order valence-electron chi connectivity index (χ0n) is 62.7. The molecule has 2 unspecified atom stereocenters. The molecule has 0 fully saturated rings. The van der Waals surface area contributed by atoms with Gasteiger partial charge in [0, 0.05) is 25.7 Å². The molecule has 3 N–H and O–H groups in total. The summed E-state index contributed by atoms with van der Waals surface area (Å²) < 4.78 is 68.6. The van der Waals surface area contributed by atoms with Gasteiger partial charge in [0.25, 0.3) is 0 Å². The molecule has 17 nitrogen and oxygen atoms in total. The quantitative estimate of drug-likeness (QED) is 0.0222. The molecule has 0 saturated carbocycles. The maximum absolute atomic E-state index is 13.1. The van der Waals surface area contributed by atoms with Crippen molar-refractivity contribution in [2.24, 2.45) is 11.8 Å². The molecule has 0 bridgehead atoms. The largest absolute Gasteiger partial charge is 0.472 e. The number of esters is 4. The molecule has 0 spiro atoms. The van der Waals surface area contributed by atoms with E-state index >= 15 is 0 Å². The Morgan fingerprint density at radius 1 is 0.281 bits per heavy atom. The standard InChI is InChI=1S/C77H150O17P2/c1-7-9-11-13-15-17-19-21-23-27-30-34-41-47-53-59-74(79)87-65-72(93-77(82)62-56-50-44-36-32-28-24-25-29-33-39-45-51-57-69(3)4)67-91-95(83,84)89-63-71(78)64-90-96(85,86)92-68-73(66-88-75(80)60-54-48-42-38-37-40-46-52-58-70(5)6)94-76(81)61-55-49-43-35-31-26-22-20-18-16-14-12-10-8-2/h69-73,78H,7-68H2,1-6H3,(H,83,84)(H,85,86)/t71-,72-,73-/m1/s1. The summed E-state index contributed by atoms with van der Waals surface area (Å²) >= 11 is 0. The van der Waals surface area contributed by atoms with Gasteiger partial charge in [-0.2, -0.15) is 0 Å². The molecule has 0 aliphatic rings. The molecule has 5 atom stereocenters. The topological polar surface area (TPSA) is 237 Å². The maximum atomic E-state index is 13.1. The van der Waals surface area contributed by atoms with E-state index in [-0.39, 0.29) is 25.7 Å². The molecule has 0 aromatic heterocycles. The van der Waals surface area contributed by atoms with Crippen LogP contribution in [0.3, 0.4) is 0 Å². The Morgan fingerprint density at radius 3 is 0.708 bits per heavy atom. The second kappa shape index (κ2) is 68.8. The molecular weight excluding hydrogens is 1260 g/mol. The zero-order chi connectivity index (χ0) is 70.7. The molecule has 0 rings (SSSR count). The van der Waals surface area contributed by atoms with Crippen molar-refractivity contribution in [3.05, 3.63) is 0 Å². The van der Waals surface area contributed by atoms with E-state index in [0.717, 1.165) is 102 Å². The minimum Gasteiger partial charge on any atom is -0.462 e. The van der Waals surface area contributed by atoms with Crippen LogP contribution in [0.4, 0.5) is 0 Å². The molecule has 19 heteroatoms. The summed E-state index contributed by atoms with van der Waals surface area (Å²) in [6, 6.07) is 0. The Hall–Kier alpha value is -1.94. The van der Waals surface area contributed by atoms with Crippen molar-refractivity contribution in [1.82, 2.24) is 0 Å². The van der Waals surface area contributed by atoms with Gasteiger partial charge in [-0.1, -0.05) is 350 Å². The highest BCUT2D eigenvalue weighted by Crippen LogP contribution is 2.45. The normalized spacial score (nSPS) is 14.0. The number of ether oxygens (including phenoxy) is 4. The average Bonchev–Trinajstić information content (AvgIpc) is 1.22. The Labute approximate surface area is 588 Å². The predicted octanol–water partition coefficient (Wildman–Crippen LogP) is 22.7. The third-order valence-corrected chi connectivity index (χ3v) is 19.9. The molecule has 96 heavy (non-hydrogen) atoms. The first-order chi connectivity index (χ1) is 46.4. The van der Waals surface area contributed by atoms with Gasteiger partial charge in [0.15, 0.2) is 12.2 Å². The summed E-state index contributed by atoms with van der Waals surface area (Å²) in [5, 5.41) is 10.6. The third-order valence-electron chi connectivity index (χ3n) is 18.0. The number of hydrogen-bond acceptors (Lipinski definition) is 15. The van der Waals surface area contributed by atoms with E-state index < -0.39 is 97.5 Å². The van der Waals surface area contributed by atoms with E-state index in [4.69, 9.17) is 37.0 Å². The minimum absolute atomic E-state index is 0.107. The summed E-state index contributed by atoms with van der Waals surface area (Å²) in [5.41, 5.74) is 0. The lowest BCUT2D eigenvalue weighted by atomic mass is 10.0. The first kappa shape index (κ1) is 94.1. The number of rotatable bonds is 76. The van der Waals surface area contributed by atoms with Crippen LogP contribution in [0.2, 0.25) is 0 Å². The van der Waals surface area contributed by atoms with Gasteiger partial charge >= 0.3 is 39.5 Å². The van der Waals surface area contributed by atoms with Gasteiger partial charge in [-0.15, -0.1) is 0 Å². The number of aliphatic hydroxyl groups excluding tert-OH is 1. The predicted molar refractivity (Wildman–Crippen MR) is 391 cm³/mol. The summed E-state index contributed by atoms with van der Waals surface area (Å²) in [5.74, 6) is -0.599. The first-order valence-corrected chi connectivity index (χ1v) is 43.0. The lowest BCUT2D eigenvalue weighted by Gasteiger charge is -2.21. The van der Waals surface area contributed by atoms with Crippen LogP contribution < -0.4 is 0 Å².